The van der Waals surface area contributed by atoms with Crippen LogP contribution in [0.5, 0.6) is 0 Å². The Morgan fingerprint density at radius 1 is 0.780 bits per heavy atom. The van der Waals surface area contributed by atoms with Crippen LogP contribution in [0.4, 0.5) is 4.79 Å². The minimum absolute atomic E-state index is 0.0218. The van der Waals surface area contributed by atoms with E-state index in [9.17, 15) is 9.59 Å². The van der Waals surface area contributed by atoms with E-state index >= 15 is 0 Å². The van der Waals surface area contributed by atoms with Gasteiger partial charge in [-0.3, -0.25) is 9.69 Å². The molecule has 4 aliphatic rings. The first-order chi connectivity index (χ1) is 19.6. The van der Waals surface area contributed by atoms with Crippen LogP contribution in [0.1, 0.15) is 98.4 Å². The average molecular weight is 548 g/mol. The molecule has 2 aliphatic carbocycles. The van der Waals surface area contributed by atoms with Crippen LogP contribution in [0, 0.1) is 0 Å². The number of allylic oxidation sites excluding steroid dienone is 4. The first-order valence-electron chi connectivity index (χ1n) is 15.0. The van der Waals surface area contributed by atoms with Crippen LogP contribution in [0.3, 0.4) is 0 Å². The van der Waals surface area contributed by atoms with Crippen molar-refractivity contribution in [2.24, 2.45) is 0 Å². The summed E-state index contributed by atoms with van der Waals surface area (Å²) in [6, 6.07) is 8.96. The van der Waals surface area contributed by atoms with Crippen molar-refractivity contribution < 1.29 is 9.59 Å². The average Bonchev–Trinajstić information content (AvgIpc) is 3.16. The molecule has 6 rings (SSSR count). The summed E-state index contributed by atoms with van der Waals surface area (Å²) in [4.78, 5) is 33.8. The lowest BCUT2D eigenvalue weighted by Gasteiger charge is -2.49. The fourth-order valence-electron chi connectivity index (χ4n) is 7.09. The number of carbonyl (C=O) groups is 2. The molecule has 3 amide bonds. The van der Waals surface area contributed by atoms with Gasteiger partial charge in [0.05, 0.1) is 12.1 Å². The van der Waals surface area contributed by atoms with Crippen molar-refractivity contribution in [3.63, 3.8) is 0 Å². The molecule has 1 unspecified atom stereocenters. The zero-order chi connectivity index (χ0) is 28.9. The lowest BCUT2D eigenvalue weighted by atomic mass is 9.85. The van der Waals surface area contributed by atoms with Gasteiger partial charge in [0.25, 0.3) is 0 Å². The van der Waals surface area contributed by atoms with E-state index in [4.69, 9.17) is 0 Å². The molecular formula is C36H41N3O2. The van der Waals surface area contributed by atoms with Gasteiger partial charge >= 0.3 is 6.03 Å². The number of nitrogens with zero attached hydrogens (tertiary/aromatic N) is 3. The van der Waals surface area contributed by atoms with Crippen molar-refractivity contribution in [1.82, 2.24) is 14.7 Å². The van der Waals surface area contributed by atoms with Gasteiger partial charge in [-0.2, -0.15) is 0 Å². The van der Waals surface area contributed by atoms with Crippen LogP contribution in [0.2, 0.25) is 0 Å². The van der Waals surface area contributed by atoms with E-state index in [0.717, 1.165) is 36.8 Å². The summed E-state index contributed by atoms with van der Waals surface area (Å²) in [7, 11) is 0. The summed E-state index contributed by atoms with van der Waals surface area (Å²) < 4.78 is 0. The van der Waals surface area contributed by atoms with Crippen LogP contribution < -0.4 is 0 Å². The number of hydrogen-bond donors (Lipinski definition) is 0. The lowest BCUT2D eigenvalue weighted by molar-refractivity contribution is -0.147. The number of amides is 3. The maximum Gasteiger partial charge on any atom is 0.323 e. The van der Waals surface area contributed by atoms with Crippen LogP contribution in [0.25, 0.3) is 24.3 Å². The quantitative estimate of drug-likeness (QED) is 0.394. The molecule has 0 N–H and O–H groups in total. The molecule has 0 bridgehead atoms. The van der Waals surface area contributed by atoms with E-state index in [2.05, 4.69) is 101 Å². The molecule has 212 valence electrons. The first kappa shape index (κ1) is 27.3. The van der Waals surface area contributed by atoms with Gasteiger partial charge in [0.1, 0.15) is 5.66 Å². The Hall–Kier alpha value is -3.86. The van der Waals surface area contributed by atoms with Gasteiger partial charge in [0.2, 0.25) is 5.91 Å². The number of fused-ring (bicyclic) bond motifs is 4. The molecule has 5 heteroatoms. The third kappa shape index (κ3) is 4.37. The van der Waals surface area contributed by atoms with E-state index in [1.54, 1.807) is 6.92 Å². The highest BCUT2D eigenvalue weighted by Gasteiger charge is 2.63. The van der Waals surface area contributed by atoms with Crippen molar-refractivity contribution in [3.8, 4) is 0 Å². The normalized spacial score (nSPS) is 23.9. The van der Waals surface area contributed by atoms with Gasteiger partial charge in [-0.1, -0.05) is 61.6 Å². The second-order valence-corrected chi connectivity index (χ2v) is 12.4. The molecule has 0 saturated carbocycles. The van der Waals surface area contributed by atoms with E-state index in [1.165, 1.54) is 33.4 Å². The Morgan fingerprint density at radius 2 is 1.32 bits per heavy atom. The molecule has 2 aromatic rings. The van der Waals surface area contributed by atoms with E-state index in [-0.39, 0.29) is 11.9 Å². The number of urea groups is 1. The standard InChI is InChI=1S/C36H41N3O2/c1-6-26-18-27-16-12-9-13-17-28(27)19-31(26)23-38-34(41)39-24-33-21-30-15-11-8-7-10-14-29(30)20-32(33)22-37(25(2)40)36(39,5)35(38,3)4/h10-21H,6-9,22-24H2,1-5H3/b14-10-,15-11-. The predicted molar refractivity (Wildman–Crippen MR) is 167 cm³/mol. The highest BCUT2D eigenvalue weighted by Crippen LogP contribution is 2.48. The molecule has 1 saturated heterocycles. The van der Waals surface area contributed by atoms with Gasteiger partial charge in [0.15, 0.2) is 0 Å². The van der Waals surface area contributed by atoms with Crippen LogP contribution >= 0.6 is 0 Å². The number of hydrogen-bond acceptors (Lipinski definition) is 2. The van der Waals surface area contributed by atoms with Crippen molar-refractivity contribution >= 4 is 36.2 Å². The zero-order valence-electron chi connectivity index (χ0n) is 25.0. The molecule has 1 fully saturated rings. The van der Waals surface area contributed by atoms with Gasteiger partial charge in [0, 0.05) is 20.0 Å². The zero-order valence-corrected chi connectivity index (χ0v) is 25.0. The Labute approximate surface area is 244 Å². The molecule has 5 nitrogen and oxygen atoms in total. The second-order valence-electron chi connectivity index (χ2n) is 12.4. The summed E-state index contributed by atoms with van der Waals surface area (Å²) in [6.07, 6.45) is 21.5. The number of rotatable bonds is 3. The number of aryl methyl sites for hydroxylation is 1. The Balaban J connectivity index is 1.44. The minimum atomic E-state index is -0.824. The minimum Gasteiger partial charge on any atom is -0.313 e. The summed E-state index contributed by atoms with van der Waals surface area (Å²) >= 11 is 0. The third-order valence-electron chi connectivity index (χ3n) is 9.87. The summed E-state index contributed by atoms with van der Waals surface area (Å²) in [5, 5.41) is 0. The monoisotopic (exact) mass is 547 g/mol. The van der Waals surface area contributed by atoms with Crippen molar-refractivity contribution in [1.29, 1.82) is 0 Å². The van der Waals surface area contributed by atoms with Crippen molar-refractivity contribution in [2.75, 3.05) is 0 Å². The SMILES string of the molecule is CCc1cc2c(cc1CN1C(=O)N3Cc4cc5c(cc4CN(C(C)=O)C3(C)C1(C)C)/C=C\CC/C=C\5)C=CCC=C2. The summed E-state index contributed by atoms with van der Waals surface area (Å²) in [5.41, 5.74) is 7.94. The fourth-order valence-corrected chi connectivity index (χ4v) is 7.09. The van der Waals surface area contributed by atoms with Gasteiger partial charge in [-0.15, -0.1) is 0 Å². The molecule has 2 heterocycles. The van der Waals surface area contributed by atoms with Crippen LogP contribution in [-0.4, -0.2) is 37.8 Å². The highest BCUT2D eigenvalue weighted by molar-refractivity contribution is 5.84. The third-order valence-corrected chi connectivity index (χ3v) is 9.87. The highest BCUT2D eigenvalue weighted by atomic mass is 16.2. The van der Waals surface area contributed by atoms with E-state index < -0.39 is 11.2 Å². The molecule has 2 aliphatic heterocycles. The maximum atomic E-state index is 14.5. The smallest absolute Gasteiger partial charge is 0.313 e. The largest absolute Gasteiger partial charge is 0.323 e. The molecule has 0 aromatic heterocycles. The van der Waals surface area contributed by atoms with Gasteiger partial charge in [-0.25, -0.2) is 4.79 Å². The molecule has 1 atom stereocenters. The van der Waals surface area contributed by atoms with Crippen LogP contribution in [0.15, 0.2) is 48.6 Å². The van der Waals surface area contributed by atoms with Gasteiger partial charge < -0.3 is 9.80 Å². The molecule has 0 spiro atoms. The van der Waals surface area contributed by atoms with Crippen molar-refractivity contribution in [2.45, 2.75) is 91.1 Å². The van der Waals surface area contributed by atoms with E-state index in [1.807, 2.05) is 14.7 Å². The molecule has 41 heavy (non-hydrogen) atoms. The number of benzene rings is 2. The molecular weight excluding hydrogens is 506 g/mol. The van der Waals surface area contributed by atoms with Gasteiger partial charge in [-0.05, 0) is 109 Å². The number of carbonyl (C=O) groups excluding carboxylic acids is 2. The predicted octanol–water partition coefficient (Wildman–Crippen LogP) is 7.79. The molecule has 0 radical (unpaired) electrons. The van der Waals surface area contributed by atoms with Crippen LogP contribution in [-0.2, 0) is 30.8 Å². The Bertz CT molecular complexity index is 1540. The lowest BCUT2D eigenvalue weighted by Crippen LogP contribution is -2.66. The van der Waals surface area contributed by atoms with E-state index in [0.29, 0.717) is 19.6 Å². The first-order valence-corrected chi connectivity index (χ1v) is 15.0. The Morgan fingerprint density at radius 3 is 1.90 bits per heavy atom. The van der Waals surface area contributed by atoms with Crippen molar-refractivity contribution in [3.05, 3.63) is 93.1 Å². The summed E-state index contributed by atoms with van der Waals surface area (Å²) in [5.74, 6) is -0.0218. The second kappa shape index (κ2) is 10.2. The topological polar surface area (TPSA) is 43.9 Å². The Kier molecular flexibility index (Phi) is 6.80. The fraction of sp³-hybridized carbons (Fsp3) is 0.389. The maximum absolute atomic E-state index is 14.5. The summed E-state index contributed by atoms with van der Waals surface area (Å²) in [6.45, 7) is 11.6. The molecule has 2 aromatic carbocycles.